The van der Waals surface area contributed by atoms with Gasteiger partial charge >= 0.3 is 6.09 Å². The Balaban J connectivity index is 2.38. The maximum atomic E-state index is 11.9. The molecule has 1 aliphatic heterocycles. The molecule has 0 aliphatic carbocycles. The van der Waals surface area contributed by atoms with E-state index in [2.05, 4.69) is 0 Å². The minimum Gasteiger partial charge on any atom is -0.450 e. The van der Waals surface area contributed by atoms with Crippen LogP contribution in [0.1, 0.15) is 32.6 Å². The first-order chi connectivity index (χ1) is 8.15. The zero-order valence-electron chi connectivity index (χ0n) is 10.8. The van der Waals surface area contributed by atoms with Gasteiger partial charge in [-0.1, -0.05) is 12.8 Å². The van der Waals surface area contributed by atoms with Crippen molar-refractivity contribution in [1.82, 2.24) is 9.80 Å². The van der Waals surface area contributed by atoms with Gasteiger partial charge in [-0.3, -0.25) is 4.79 Å². The van der Waals surface area contributed by atoms with Crippen LogP contribution in [0.5, 0.6) is 0 Å². The first-order valence-electron chi connectivity index (χ1n) is 6.30. The number of carbonyl (C=O) groups excluding carboxylic acids is 2. The lowest BCUT2D eigenvalue weighted by molar-refractivity contribution is -0.131. The van der Waals surface area contributed by atoms with Crippen molar-refractivity contribution in [3.63, 3.8) is 0 Å². The minimum absolute atomic E-state index is 0.0162. The van der Waals surface area contributed by atoms with Crippen molar-refractivity contribution >= 4 is 12.0 Å². The maximum Gasteiger partial charge on any atom is 0.409 e. The monoisotopic (exact) mass is 242 g/mol. The summed E-state index contributed by atoms with van der Waals surface area (Å²) >= 11 is 0. The molecule has 5 nitrogen and oxygen atoms in total. The Hall–Kier alpha value is -1.26. The zero-order valence-corrected chi connectivity index (χ0v) is 10.8. The molecule has 17 heavy (non-hydrogen) atoms. The summed E-state index contributed by atoms with van der Waals surface area (Å²) in [6.07, 6.45) is 4.08. The Morgan fingerprint density at radius 2 is 1.76 bits per heavy atom. The van der Waals surface area contributed by atoms with Crippen molar-refractivity contribution < 1.29 is 14.3 Å². The molecule has 0 unspecified atom stereocenters. The fourth-order valence-electron chi connectivity index (χ4n) is 1.92. The van der Waals surface area contributed by atoms with E-state index in [4.69, 9.17) is 4.74 Å². The number of likely N-dealkylation sites (tertiary alicyclic amines) is 1. The quantitative estimate of drug-likeness (QED) is 0.753. The molecule has 0 N–H and O–H groups in total. The van der Waals surface area contributed by atoms with E-state index in [1.54, 1.807) is 14.0 Å². The molecule has 0 bridgehead atoms. The Bertz CT molecular complexity index is 260. The summed E-state index contributed by atoms with van der Waals surface area (Å²) in [5.41, 5.74) is 0. The third kappa shape index (κ3) is 4.63. The molecular formula is C12H22N2O3. The molecule has 1 rings (SSSR count). The van der Waals surface area contributed by atoms with Crippen LogP contribution in [0.15, 0.2) is 0 Å². The van der Waals surface area contributed by atoms with E-state index in [0.29, 0.717) is 6.61 Å². The molecule has 0 atom stereocenters. The van der Waals surface area contributed by atoms with Gasteiger partial charge in [-0.25, -0.2) is 4.79 Å². The molecule has 1 fully saturated rings. The third-order valence-electron chi connectivity index (χ3n) is 2.91. The van der Waals surface area contributed by atoms with Crippen LogP contribution in [0.3, 0.4) is 0 Å². The summed E-state index contributed by atoms with van der Waals surface area (Å²) < 4.78 is 4.83. The van der Waals surface area contributed by atoms with Crippen molar-refractivity contribution in [2.75, 3.05) is 33.3 Å². The van der Waals surface area contributed by atoms with E-state index in [0.717, 1.165) is 25.9 Å². The van der Waals surface area contributed by atoms with E-state index in [-0.39, 0.29) is 12.5 Å². The van der Waals surface area contributed by atoms with Crippen LogP contribution in [0.25, 0.3) is 0 Å². The average Bonchev–Trinajstić information content (AvgIpc) is 2.57. The molecule has 0 aromatic heterocycles. The molecule has 0 radical (unpaired) electrons. The fourth-order valence-corrected chi connectivity index (χ4v) is 1.92. The van der Waals surface area contributed by atoms with Crippen molar-refractivity contribution in [3.05, 3.63) is 0 Å². The third-order valence-corrected chi connectivity index (χ3v) is 2.91. The van der Waals surface area contributed by atoms with Gasteiger partial charge in [0.15, 0.2) is 0 Å². The molecule has 0 saturated carbocycles. The van der Waals surface area contributed by atoms with Gasteiger partial charge in [0.1, 0.15) is 6.54 Å². The van der Waals surface area contributed by atoms with Gasteiger partial charge in [-0.05, 0) is 19.8 Å². The van der Waals surface area contributed by atoms with Crippen molar-refractivity contribution in [2.45, 2.75) is 32.6 Å². The van der Waals surface area contributed by atoms with Gasteiger partial charge < -0.3 is 14.5 Å². The van der Waals surface area contributed by atoms with E-state index >= 15 is 0 Å². The van der Waals surface area contributed by atoms with Crippen molar-refractivity contribution in [2.24, 2.45) is 0 Å². The van der Waals surface area contributed by atoms with Crippen LogP contribution in [-0.2, 0) is 9.53 Å². The van der Waals surface area contributed by atoms with Gasteiger partial charge in [0.2, 0.25) is 5.91 Å². The second kappa shape index (κ2) is 7.14. The number of amides is 2. The summed E-state index contributed by atoms with van der Waals surface area (Å²) in [5.74, 6) is 0.0162. The second-order valence-corrected chi connectivity index (χ2v) is 4.35. The smallest absolute Gasteiger partial charge is 0.409 e. The lowest BCUT2D eigenvalue weighted by Gasteiger charge is -2.23. The summed E-state index contributed by atoms with van der Waals surface area (Å²) in [6, 6.07) is 0. The lowest BCUT2D eigenvalue weighted by Crippen LogP contribution is -2.41. The Labute approximate surface area is 103 Å². The largest absolute Gasteiger partial charge is 0.450 e. The lowest BCUT2D eigenvalue weighted by atomic mass is 10.2. The first kappa shape index (κ1) is 13.8. The molecule has 0 spiro atoms. The summed E-state index contributed by atoms with van der Waals surface area (Å²) in [4.78, 5) is 26.5. The highest BCUT2D eigenvalue weighted by molar-refractivity contribution is 5.82. The molecule has 2 amide bonds. The highest BCUT2D eigenvalue weighted by Gasteiger charge is 2.19. The van der Waals surface area contributed by atoms with Crippen LogP contribution in [0, 0.1) is 0 Å². The Kier molecular flexibility index (Phi) is 5.80. The maximum absolute atomic E-state index is 11.9. The van der Waals surface area contributed by atoms with E-state index < -0.39 is 6.09 Å². The fraction of sp³-hybridized carbons (Fsp3) is 0.833. The number of carbonyl (C=O) groups is 2. The van der Waals surface area contributed by atoms with Crippen molar-refractivity contribution in [1.29, 1.82) is 0 Å². The first-order valence-corrected chi connectivity index (χ1v) is 6.30. The summed E-state index contributed by atoms with van der Waals surface area (Å²) in [7, 11) is 1.59. The van der Waals surface area contributed by atoms with Crippen LogP contribution in [0.2, 0.25) is 0 Å². The minimum atomic E-state index is -0.435. The topological polar surface area (TPSA) is 49.9 Å². The highest BCUT2D eigenvalue weighted by atomic mass is 16.6. The molecule has 0 aromatic rings. The molecule has 1 heterocycles. The number of rotatable bonds is 3. The summed E-state index contributed by atoms with van der Waals surface area (Å²) in [6.45, 7) is 3.83. The van der Waals surface area contributed by atoms with Crippen LogP contribution in [-0.4, -0.2) is 55.1 Å². The van der Waals surface area contributed by atoms with E-state index in [1.807, 2.05) is 4.90 Å². The van der Waals surface area contributed by atoms with Gasteiger partial charge in [0.05, 0.1) is 6.61 Å². The van der Waals surface area contributed by atoms with Gasteiger partial charge in [-0.15, -0.1) is 0 Å². The van der Waals surface area contributed by atoms with Crippen LogP contribution in [0.4, 0.5) is 4.79 Å². The molecule has 1 aliphatic rings. The average molecular weight is 242 g/mol. The predicted octanol–water partition coefficient (Wildman–Crippen LogP) is 1.48. The molecule has 5 heteroatoms. The van der Waals surface area contributed by atoms with Gasteiger partial charge in [0.25, 0.3) is 0 Å². The van der Waals surface area contributed by atoms with Crippen LogP contribution >= 0.6 is 0 Å². The predicted molar refractivity (Wildman–Crippen MR) is 64.7 cm³/mol. The number of nitrogens with zero attached hydrogens (tertiary/aromatic N) is 2. The number of hydrogen-bond donors (Lipinski definition) is 0. The standard InChI is InChI=1S/C12H22N2O3/c1-3-17-12(16)13(2)10-11(15)14-8-6-4-5-7-9-14/h3-10H2,1-2H3. The zero-order chi connectivity index (χ0) is 12.7. The normalized spacial score (nSPS) is 16.2. The van der Waals surface area contributed by atoms with Gasteiger partial charge in [-0.2, -0.15) is 0 Å². The SMILES string of the molecule is CCOC(=O)N(C)CC(=O)N1CCCCCC1. The van der Waals surface area contributed by atoms with Crippen molar-refractivity contribution in [3.8, 4) is 0 Å². The Morgan fingerprint density at radius 3 is 2.29 bits per heavy atom. The number of likely N-dealkylation sites (N-methyl/N-ethyl adjacent to an activating group) is 1. The molecule has 1 saturated heterocycles. The Morgan fingerprint density at radius 1 is 1.18 bits per heavy atom. The van der Waals surface area contributed by atoms with E-state index in [1.165, 1.54) is 17.7 Å². The number of hydrogen-bond acceptors (Lipinski definition) is 3. The summed E-state index contributed by atoms with van der Waals surface area (Å²) in [5, 5.41) is 0. The highest BCUT2D eigenvalue weighted by Crippen LogP contribution is 2.10. The van der Waals surface area contributed by atoms with Gasteiger partial charge in [0, 0.05) is 20.1 Å². The second-order valence-electron chi connectivity index (χ2n) is 4.35. The molecule has 0 aromatic carbocycles. The van der Waals surface area contributed by atoms with Crippen LogP contribution < -0.4 is 0 Å². The molecule has 98 valence electrons. The molecular weight excluding hydrogens is 220 g/mol. The number of ether oxygens (including phenoxy) is 1. The van der Waals surface area contributed by atoms with E-state index in [9.17, 15) is 9.59 Å².